The van der Waals surface area contributed by atoms with E-state index in [9.17, 15) is 4.79 Å². The van der Waals surface area contributed by atoms with Crippen molar-refractivity contribution in [3.8, 4) is 0 Å². The molecular formula is C10H17N3O. The Kier molecular flexibility index (Phi) is 1.77. The maximum atomic E-state index is 11.8. The Morgan fingerprint density at radius 2 is 2.00 bits per heavy atom. The topological polar surface area (TPSA) is 63.8 Å². The number of aromatic amines is 1. The molecule has 1 aromatic rings. The van der Waals surface area contributed by atoms with E-state index in [0.29, 0.717) is 11.6 Å². The number of hydrogen-bond acceptors (Lipinski definition) is 2. The van der Waals surface area contributed by atoms with E-state index in [1.165, 1.54) is 0 Å². The molecule has 78 valence electrons. The molecule has 0 aliphatic heterocycles. The van der Waals surface area contributed by atoms with Crippen LogP contribution in [0.2, 0.25) is 0 Å². The minimum atomic E-state index is -0.224. The quantitative estimate of drug-likeness (QED) is 0.711. The molecule has 0 saturated heterocycles. The highest BCUT2D eigenvalue weighted by Gasteiger charge is 2.31. The molecule has 0 unspecified atom stereocenters. The van der Waals surface area contributed by atoms with Crippen LogP contribution < -0.4 is 11.3 Å². The van der Waals surface area contributed by atoms with Crippen molar-refractivity contribution in [1.82, 2.24) is 9.78 Å². The minimum absolute atomic E-state index is 0.0839. The van der Waals surface area contributed by atoms with Crippen molar-refractivity contribution < 1.29 is 0 Å². The van der Waals surface area contributed by atoms with Gasteiger partial charge in [0, 0.05) is 5.92 Å². The molecule has 3 N–H and O–H groups in total. The SMILES string of the molecule is CC(C)(C)n1[nH]c(C2CC2)c(N)c1=O. The van der Waals surface area contributed by atoms with Crippen LogP contribution in [0, 0.1) is 0 Å². The van der Waals surface area contributed by atoms with Crippen molar-refractivity contribution in [2.45, 2.75) is 45.1 Å². The second-order valence-electron chi connectivity index (χ2n) is 5.02. The first-order valence-electron chi connectivity index (χ1n) is 5.02. The lowest BCUT2D eigenvalue weighted by molar-refractivity contribution is 0.343. The molecule has 4 nitrogen and oxygen atoms in total. The molecule has 1 aliphatic carbocycles. The molecule has 2 rings (SSSR count). The zero-order valence-electron chi connectivity index (χ0n) is 8.92. The summed E-state index contributed by atoms with van der Waals surface area (Å²) in [4.78, 5) is 11.8. The summed E-state index contributed by atoms with van der Waals surface area (Å²) in [6.45, 7) is 5.96. The van der Waals surface area contributed by atoms with Crippen molar-refractivity contribution in [3.05, 3.63) is 16.0 Å². The summed E-state index contributed by atoms with van der Waals surface area (Å²) in [6.07, 6.45) is 2.29. The summed E-state index contributed by atoms with van der Waals surface area (Å²) in [7, 11) is 0. The molecule has 0 bridgehead atoms. The smallest absolute Gasteiger partial charge is 0.290 e. The van der Waals surface area contributed by atoms with E-state index < -0.39 is 0 Å². The molecule has 1 saturated carbocycles. The van der Waals surface area contributed by atoms with E-state index in [1.807, 2.05) is 20.8 Å². The van der Waals surface area contributed by atoms with Crippen molar-refractivity contribution in [1.29, 1.82) is 0 Å². The number of nitrogen functional groups attached to an aromatic ring is 1. The first-order valence-corrected chi connectivity index (χ1v) is 5.02. The van der Waals surface area contributed by atoms with Crippen molar-refractivity contribution in [2.75, 3.05) is 5.73 Å². The molecule has 4 heteroatoms. The Labute approximate surface area is 83.1 Å². The number of aromatic nitrogens is 2. The summed E-state index contributed by atoms with van der Waals surface area (Å²) in [5.41, 5.74) is 6.81. The lowest BCUT2D eigenvalue weighted by Crippen LogP contribution is -2.33. The maximum Gasteiger partial charge on any atom is 0.290 e. The Morgan fingerprint density at radius 1 is 1.43 bits per heavy atom. The zero-order chi connectivity index (χ0) is 10.5. The Bertz CT molecular complexity index is 404. The van der Waals surface area contributed by atoms with Gasteiger partial charge >= 0.3 is 0 Å². The van der Waals surface area contributed by atoms with E-state index in [2.05, 4.69) is 5.10 Å². The molecule has 1 aromatic heterocycles. The van der Waals surface area contributed by atoms with Gasteiger partial charge in [0.25, 0.3) is 5.56 Å². The Balaban J connectivity index is 2.53. The fraction of sp³-hybridized carbons (Fsp3) is 0.700. The molecule has 0 atom stereocenters. The molecule has 14 heavy (non-hydrogen) atoms. The Morgan fingerprint density at radius 3 is 2.36 bits per heavy atom. The molecule has 1 heterocycles. The lowest BCUT2D eigenvalue weighted by Gasteiger charge is -2.19. The number of nitrogens with two attached hydrogens (primary N) is 1. The van der Waals surface area contributed by atoms with Crippen molar-refractivity contribution >= 4 is 5.69 Å². The first-order chi connectivity index (χ1) is 6.41. The van der Waals surface area contributed by atoms with Gasteiger partial charge in [0.2, 0.25) is 0 Å². The summed E-state index contributed by atoms with van der Waals surface area (Å²) < 4.78 is 1.62. The van der Waals surface area contributed by atoms with Gasteiger partial charge in [-0.05, 0) is 33.6 Å². The van der Waals surface area contributed by atoms with Crippen LogP contribution >= 0.6 is 0 Å². The minimum Gasteiger partial charge on any atom is -0.393 e. The Hall–Kier alpha value is -1.19. The van der Waals surface area contributed by atoms with Gasteiger partial charge in [-0.2, -0.15) is 0 Å². The molecule has 1 fully saturated rings. The van der Waals surface area contributed by atoms with Crippen LogP contribution in [0.3, 0.4) is 0 Å². The number of H-pyrrole nitrogens is 1. The molecule has 0 amide bonds. The fourth-order valence-corrected chi connectivity index (χ4v) is 1.62. The van der Waals surface area contributed by atoms with Crippen molar-refractivity contribution in [2.24, 2.45) is 0 Å². The zero-order valence-corrected chi connectivity index (χ0v) is 8.92. The van der Waals surface area contributed by atoms with Gasteiger partial charge in [-0.15, -0.1) is 0 Å². The molecule has 0 spiro atoms. The normalized spacial score (nSPS) is 17.4. The van der Waals surface area contributed by atoms with Crippen LogP contribution in [-0.2, 0) is 5.54 Å². The van der Waals surface area contributed by atoms with Crippen LogP contribution in [0.1, 0.15) is 45.2 Å². The maximum absolute atomic E-state index is 11.8. The van der Waals surface area contributed by atoms with Crippen LogP contribution in [0.15, 0.2) is 4.79 Å². The highest BCUT2D eigenvalue weighted by atomic mass is 16.1. The van der Waals surface area contributed by atoms with E-state index in [0.717, 1.165) is 18.5 Å². The third-order valence-corrected chi connectivity index (χ3v) is 2.61. The fourth-order valence-electron chi connectivity index (χ4n) is 1.62. The van der Waals surface area contributed by atoms with Gasteiger partial charge in [0.15, 0.2) is 0 Å². The number of hydrogen-bond donors (Lipinski definition) is 2. The van der Waals surface area contributed by atoms with Crippen LogP contribution in [-0.4, -0.2) is 9.78 Å². The van der Waals surface area contributed by atoms with Crippen LogP contribution in [0.4, 0.5) is 5.69 Å². The third kappa shape index (κ3) is 1.35. The summed E-state index contributed by atoms with van der Waals surface area (Å²) >= 11 is 0. The van der Waals surface area contributed by atoms with Gasteiger partial charge in [-0.1, -0.05) is 0 Å². The predicted octanol–water partition coefficient (Wildman–Crippen LogP) is 1.39. The molecule has 0 aromatic carbocycles. The second-order valence-corrected chi connectivity index (χ2v) is 5.02. The highest BCUT2D eigenvalue weighted by molar-refractivity contribution is 5.44. The van der Waals surface area contributed by atoms with Gasteiger partial charge in [0.1, 0.15) is 5.69 Å². The second kappa shape index (κ2) is 2.65. The third-order valence-electron chi connectivity index (χ3n) is 2.61. The molecule has 0 radical (unpaired) electrons. The first kappa shape index (κ1) is 9.37. The van der Waals surface area contributed by atoms with Crippen LogP contribution in [0.25, 0.3) is 0 Å². The van der Waals surface area contributed by atoms with Gasteiger partial charge < -0.3 is 5.73 Å². The van der Waals surface area contributed by atoms with E-state index in [1.54, 1.807) is 4.68 Å². The molecule has 1 aliphatic rings. The largest absolute Gasteiger partial charge is 0.393 e. The van der Waals surface area contributed by atoms with Gasteiger partial charge in [-0.25, -0.2) is 4.68 Å². The lowest BCUT2D eigenvalue weighted by atomic mass is 10.1. The van der Waals surface area contributed by atoms with Gasteiger partial charge in [-0.3, -0.25) is 9.89 Å². The number of nitrogens with zero attached hydrogens (tertiary/aromatic N) is 1. The van der Waals surface area contributed by atoms with E-state index in [-0.39, 0.29) is 11.1 Å². The van der Waals surface area contributed by atoms with Gasteiger partial charge in [0.05, 0.1) is 11.2 Å². The predicted molar refractivity (Wildman–Crippen MR) is 56.4 cm³/mol. The summed E-state index contributed by atoms with van der Waals surface area (Å²) in [5.74, 6) is 0.492. The molecular weight excluding hydrogens is 178 g/mol. The van der Waals surface area contributed by atoms with E-state index >= 15 is 0 Å². The van der Waals surface area contributed by atoms with Crippen molar-refractivity contribution in [3.63, 3.8) is 0 Å². The standard InChI is InChI=1S/C10H17N3O/c1-10(2,3)13-9(14)7(11)8(12-13)6-4-5-6/h6,12H,4-5,11H2,1-3H3. The number of anilines is 1. The highest BCUT2D eigenvalue weighted by Crippen LogP contribution is 2.40. The average Bonchev–Trinajstić information content (AvgIpc) is 2.81. The number of rotatable bonds is 1. The summed E-state index contributed by atoms with van der Waals surface area (Å²) in [5, 5.41) is 3.13. The van der Waals surface area contributed by atoms with E-state index in [4.69, 9.17) is 5.73 Å². The average molecular weight is 195 g/mol. The van der Waals surface area contributed by atoms with Crippen LogP contribution in [0.5, 0.6) is 0 Å². The monoisotopic (exact) mass is 195 g/mol. The summed E-state index contributed by atoms with van der Waals surface area (Å²) in [6, 6.07) is 0. The number of nitrogens with one attached hydrogen (secondary N) is 1.